The lowest BCUT2D eigenvalue weighted by Gasteiger charge is -2.17. The third kappa shape index (κ3) is 4.62. The SMILES string of the molecule is C[C@H](NC=O)[C@H]1Cc2ccc(CCc3ccc(OCC4CC4)cc3)cc2O1. The molecule has 4 nitrogen and oxygen atoms in total. The molecule has 4 rings (SSSR count). The number of benzene rings is 2. The van der Waals surface area contributed by atoms with Gasteiger partial charge in [0, 0.05) is 6.42 Å². The minimum atomic E-state index is 0.0130. The molecule has 0 saturated heterocycles. The zero-order valence-corrected chi connectivity index (χ0v) is 15.8. The van der Waals surface area contributed by atoms with Crippen molar-refractivity contribution in [1.82, 2.24) is 5.32 Å². The van der Waals surface area contributed by atoms with E-state index in [1.807, 2.05) is 6.92 Å². The van der Waals surface area contributed by atoms with Crippen molar-refractivity contribution in [2.75, 3.05) is 6.61 Å². The van der Waals surface area contributed by atoms with Crippen molar-refractivity contribution < 1.29 is 14.3 Å². The number of carbonyl (C=O) groups is 1. The molecule has 142 valence electrons. The molecule has 1 fully saturated rings. The van der Waals surface area contributed by atoms with Crippen molar-refractivity contribution >= 4 is 6.41 Å². The molecule has 1 saturated carbocycles. The Morgan fingerprint density at radius 2 is 1.89 bits per heavy atom. The lowest BCUT2D eigenvalue weighted by Crippen LogP contribution is -2.39. The summed E-state index contributed by atoms with van der Waals surface area (Å²) >= 11 is 0. The second kappa shape index (κ2) is 8.03. The Morgan fingerprint density at radius 3 is 2.63 bits per heavy atom. The number of amides is 1. The number of hydrogen-bond donors (Lipinski definition) is 1. The maximum absolute atomic E-state index is 10.6. The molecule has 0 spiro atoms. The molecule has 1 N–H and O–H groups in total. The third-order valence-electron chi connectivity index (χ3n) is 5.53. The summed E-state index contributed by atoms with van der Waals surface area (Å²) in [5.74, 6) is 2.71. The molecular formula is C23H27NO3. The Labute approximate surface area is 160 Å². The molecule has 0 aromatic heterocycles. The third-order valence-corrected chi connectivity index (χ3v) is 5.53. The van der Waals surface area contributed by atoms with E-state index in [2.05, 4.69) is 47.8 Å². The molecule has 1 aliphatic heterocycles. The molecular weight excluding hydrogens is 338 g/mol. The van der Waals surface area contributed by atoms with Crippen molar-refractivity contribution in [3.05, 3.63) is 59.2 Å². The van der Waals surface area contributed by atoms with E-state index in [0.717, 1.165) is 49.7 Å². The van der Waals surface area contributed by atoms with Gasteiger partial charge in [0.05, 0.1) is 12.6 Å². The fourth-order valence-corrected chi connectivity index (χ4v) is 3.49. The first-order chi connectivity index (χ1) is 13.2. The predicted octanol–water partition coefficient (Wildman–Crippen LogP) is 3.70. The quantitative estimate of drug-likeness (QED) is 0.689. The monoisotopic (exact) mass is 365 g/mol. The molecule has 1 amide bonds. The summed E-state index contributed by atoms with van der Waals surface area (Å²) in [7, 11) is 0. The highest BCUT2D eigenvalue weighted by molar-refractivity contribution is 5.47. The molecule has 1 aliphatic carbocycles. The van der Waals surface area contributed by atoms with Gasteiger partial charge in [-0.15, -0.1) is 0 Å². The maximum Gasteiger partial charge on any atom is 0.207 e. The van der Waals surface area contributed by atoms with Crippen LogP contribution in [0.2, 0.25) is 0 Å². The van der Waals surface area contributed by atoms with Gasteiger partial charge >= 0.3 is 0 Å². The average molecular weight is 365 g/mol. The molecule has 4 heteroatoms. The van der Waals surface area contributed by atoms with Crippen LogP contribution in [-0.2, 0) is 24.1 Å². The zero-order chi connectivity index (χ0) is 18.6. The number of ether oxygens (including phenoxy) is 2. The molecule has 0 radical (unpaired) electrons. The van der Waals surface area contributed by atoms with Gasteiger partial charge < -0.3 is 14.8 Å². The molecule has 1 heterocycles. The summed E-state index contributed by atoms with van der Waals surface area (Å²) < 4.78 is 11.8. The maximum atomic E-state index is 10.6. The summed E-state index contributed by atoms with van der Waals surface area (Å²) in [5.41, 5.74) is 3.82. The van der Waals surface area contributed by atoms with E-state index in [1.54, 1.807) is 0 Å². The average Bonchev–Trinajstić information content (AvgIpc) is 3.42. The highest BCUT2D eigenvalue weighted by Crippen LogP contribution is 2.32. The highest BCUT2D eigenvalue weighted by atomic mass is 16.5. The molecule has 2 aromatic carbocycles. The Balaban J connectivity index is 1.30. The van der Waals surface area contributed by atoms with E-state index in [9.17, 15) is 4.79 Å². The molecule has 27 heavy (non-hydrogen) atoms. The lowest BCUT2D eigenvalue weighted by atomic mass is 10.0. The second-order valence-electron chi connectivity index (χ2n) is 7.77. The summed E-state index contributed by atoms with van der Waals surface area (Å²) in [4.78, 5) is 10.6. The van der Waals surface area contributed by atoms with Gasteiger partial charge in [0.2, 0.25) is 6.41 Å². The summed E-state index contributed by atoms with van der Waals surface area (Å²) in [6, 6.07) is 15.0. The number of hydrogen-bond acceptors (Lipinski definition) is 3. The molecule has 2 aromatic rings. The fraction of sp³-hybridized carbons (Fsp3) is 0.435. The Kier molecular flexibility index (Phi) is 5.33. The normalized spacial score (nSPS) is 19.1. The fourth-order valence-electron chi connectivity index (χ4n) is 3.49. The van der Waals surface area contributed by atoms with Crippen LogP contribution in [0.5, 0.6) is 11.5 Å². The number of nitrogens with one attached hydrogen (secondary N) is 1. The second-order valence-corrected chi connectivity index (χ2v) is 7.77. The predicted molar refractivity (Wildman–Crippen MR) is 105 cm³/mol. The Hall–Kier alpha value is -2.49. The summed E-state index contributed by atoms with van der Waals surface area (Å²) in [6.07, 6.45) is 6.21. The van der Waals surface area contributed by atoms with Crippen LogP contribution in [0.3, 0.4) is 0 Å². The van der Waals surface area contributed by atoms with Crippen molar-refractivity contribution in [2.45, 2.75) is 51.2 Å². The van der Waals surface area contributed by atoms with Crippen LogP contribution >= 0.6 is 0 Å². The van der Waals surface area contributed by atoms with E-state index in [1.165, 1.54) is 29.5 Å². The zero-order valence-electron chi connectivity index (χ0n) is 15.8. The van der Waals surface area contributed by atoms with Crippen LogP contribution < -0.4 is 14.8 Å². The van der Waals surface area contributed by atoms with Crippen LogP contribution in [0, 0.1) is 5.92 Å². The van der Waals surface area contributed by atoms with Crippen LogP contribution in [0.1, 0.15) is 36.5 Å². The van der Waals surface area contributed by atoms with Gasteiger partial charge in [-0.25, -0.2) is 0 Å². The van der Waals surface area contributed by atoms with Gasteiger partial charge in [-0.2, -0.15) is 0 Å². The number of fused-ring (bicyclic) bond motifs is 1. The number of carbonyl (C=O) groups excluding carboxylic acids is 1. The van der Waals surface area contributed by atoms with Crippen molar-refractivity contribution in [1.29, 1.82) is 0 Å². The first-order valence-electron chi connectivity index (χ1n) is 9.91. The van der Waals surface area contributed by atoms with Crippen LogP contribution in [-0.4, -0.2) is 25.2 Å². The minimum absolute atomic E-state index is 0.0130. The van der Waals surface area contributed by atoms with E-state index < -0.39 is 0 Å². The first-order valence-corrected chi connectivity index (χ1v) is 9.91. The van der Waals surface area contributed by atoms with Crippen molar-refractivity contribution in [2.24, 2.45) is 5.92 Å². The van der Waals surface area contributed by atoms with Gasteiger partial charge in [0.1, 0.15) is 17.6 Å². The van der Waals surface area contributed by atoms with Gasteiger partial charge in [-0.3, -0.25) is 4.79 Å². The summed E-state index contributed by atoms with van der Waals surface area (Å²) in [6.45, 7) is 2.83. The molecule has 0 bridgehead atoms. The van der Waals surface area contributed by atoms with Crippen LogP contribution in [0.4, 0.5) is 0 Å². The minimum Gasteiger partial charge on any atom is -0.493 e. The topological polar surface area (TPSA) is 47.6 Å². The standard InChI is InChI=1S/C23H27NO3/c1-16(24-15-25)22-13-20-9-6-18(12-23(20)27-22)3-2-17-7-10-21(11-8-17)26-14-19-4-5-19/h6-12,15-16,19,22H,2-5,13-14H2,1H3,(H,24,25)/t16-,22+/m0/s1. The van der Waals surface area contributed by atoms with Gasteiger partial charge in [-0.05, 0) is 73.4 Å². The van der Waals surface area contributed by atoms with E-state index in [4.69, 9.17) is 9.47 Å². The smallest absolute Gasteiger partial charge is 0.207 e. The largest absolute Gasteiger partial charge is 0.493 e. The van der Waals surface area contributed by atoms with Crippen LogP contribution in [0.15, 0.2) is 42.5 Å². The first kappa shape index (κ1) is 17.9. The van der Waals surface area contributed by atoms with Crippen LogP contribution in [0.25, 0.3) is 0 Å². The van der Waals surface area contributed by atoms with Crippen molar-refractivity contribution in [3.8, 4) is 11.5 Å². The molecule has 0 unspecified atom stereocenters. The lowest BCUT2D eigenvalue weighted by molar-refractivity contribution is -0.110. The van der Waals surface area contributed by atoms with Crippen molar-refractivity contribution in [3.63, 3.8) is 0 Å². The molecule has 2 aliphatic rings. The number of rotatable bonds is 9. The highest BCUT2D eigenvalue weighted by Gasteiger charge is 2.27. The summed E-state index contributed by atoms with van der Waals surface area (Å²) in [5, 5.41) is 2.79. The Morgan fingerprint density at radius 1 is 1.15 bits per heavy atom. The molecule has 2 atom stereocenters. The van der Waals surface area contributed by atoms with E-state index in [-0.39, 0.29) is 12.1 Å². The Bertz CT molecular complexity index is 783. The van der Waals surface area contributed by atoms with Gasteiger partial charge in [-0.1, -0.05) is 24.3 Å². The van der Waals surface area contributed by atoms with Gasteiger partial charge in [0.15, 0.2) is 0 Å². The number of aryl methyl sites for hydroxylation is 2. The van der Waals surface area contributed by atoms with Gasteiger partial charge in [0.25, 0.3) is 0 Å². The van der Waals surface area contributed by atoms with E-state index >= 15 is 0 Å². The van der Waals surface area contributed by atoms with E-state index in [0.29, 0.717) is 0 Å².